The van der Waals surface area contributed by atoms with Crippen LogP contribution in [0, 0.1) is 10.8 Å². The zero-order valence-corrected chi connectivity index (χ0v) is 31.0. The summed E-state index contributed by atoms with van der Waals surface area (Å²) in [4.78, 5) is 1.06. The van der Waals surface area contributed by atoms with Crippen molar-refractivity contribution in [1.82, 2.24) is 0 Å². The molecule has 0 saturated heterocycles. The van der Waals surface area contributed by atoms with E-state index in [2.05, 4.69) is 107 Å². The normalized spacial score (nSPS) is 18.6. The number of aliphatic hydroxyl groups is 1. The van der Waals surface area contributed by atoms with Gasteiger partial charge >= 0.3 is 0 Å². The monoisotopic (exact) mass is 682 g/mol. The van der Waals surface area contributed by atoms with Gasteiger partial charge in [0.1, 0.15) is 17.2 Å². The van der Waals surface area contributed by atoms with Crippen molar-refractivity contribution < 1.29 is 19.3 Å². The van der Waals surface area contributed by atoms with Gasteiger partial charge in [-0.2, -0.15) is 0 Å². The highest BCUT2D eigenvalue weighted by Gasteiger charge is 2.55. The van der Waals surface area contributed by atoms with Crippen molar-refractivity contribution in [3.63, 3.8) is 0 Å². The van der Waals surface area contributed by atoms with Crippen molar-refractivity contribution in [3.8, 4) is 28.4 Å². The number of ether oxygens (including phenoxy) is 3. The highest BCUT2D eigenvalue weighted by Crippen LogP contribution is 2.67. The summed E-state index contributed by atoms with van der Waals surface area (Å²) in [6.45, 7) is 9.77. The maximum Gasteiger partial charge on any atom is 0.178 e. The number of thioether (sulfide) groups is 1. The van der Waals surface area contributed by atoms with Crippen molar-refractivity contribution in [2.45, 2.75) is 69.5 Å². The number of aliphatic hydroxyl groups excluding tert-OH is 1. The Morgan fingerprint density at radius 2 is 1.36 bits per heavy atom. The summed E-state index contributed by atoms with van der Waals surface area (Å²) in [7, 11) is 3.39. The average molecular weight is 683 g/mol. The van der Waals surface area contributed by atoms with Crippen molar-refractivity contribution in [2.24, 2.45) is 10.8 Å². The van der Waals surface area contributed by atoms with Gasteiger partial charge in [-0.3, -0.25) is 0 Å². The van der Waals surface area contributed by atoms with Gasteiger partial charge in [0.25, 0.3) is 0 Å². The van der Waals surface area contributed by atoms with Crippen molar-refractivity contribution in [2.75, 3.05) is 20.5 Å². The summed E-state index contributed by atoms with van der Waals surface area (Å²) in [6.07, 6.45) is 9.97. The van der Waals surface area contributed by atoms with E-state index in [4.69, 9.17) is 14.2 Å². The number of hydrogen-bond donors (Lipinski definition) is 1. The molecule has 1 spiro atoms. The third-order valence-electron chi connectivity index (χ3n) is 11.4. The van der Waals surface area contributed by atoms with E-state index in [-0.39, 0.29) is 22.9 Å². The van der Waals surface area contributed by atoms with Gasteiger partial charge < -0.3 is 19.3 Å². The fourth-order valence-corrected chi connectivity index (χ4v) is 10.8. The van der Waals surface area contributed by atoms with E-state index in [9.17, 15) is 5.11 Å². The Kier molecular flexibility index (Phi) is 7.70. The van der Waals surface area contributed by atoms with Gasteiger partial charge in [-0.1, -0.05) is 82.3 Å². The van der Waals surface area contributed by atoms with Crippen LogP contribution in [0.1, 0.15) is 80.3 Å². The molecule has 50 heavy (non-hydrogen) atoms. The summed E-state index contributed by atoms with van der Waals surface area (Å²) >= 11 is 1.66. The first-order valence-corrected chi connectivity index (χ1v) is 18.8. The summed E-state index contributed by atoms with van der Waals surface area (Å²) in [5.41, 5.74) is 8.67. The second kappa shape index (κ2) is 11.7. The van der Waals surface area contributed by atoms with Gasteiger partial charge in [-0.25, -0.2) is 0 Å². The van der Waals surface area contributed by atoms with Crippen LogP contribution in [0.15, 0.2) is 95.9 Å². The molecule has 5 aromatic rings. The molecular weight excluding hydrogens is 637 g/mol. The lowest BCUT2D eigenvalue weighted by Crippen LogP contribution is -2.44. The van der Waals surface area contributed by atoms with Crippen LogP contribution < -0.4 is 14.2 Å². The first-order chi connectivity index (χ1) is 24.0. The lowest BCUT2D eigenvalue weighted by molar-refractivity contribution is 0.0642. The standard InChI is InChI=1S/C45H46O4S/c1-42(2)25-43(3,4)27-44(26-42)37-11-9-8-10-33(37)39-35-22-28(24-46)38(50-7)23-36(35)41-34(40(39)44)20-21-45(49-41,29-12-16-31(47-5)17-13-29)30-14-18-32(48-6)19-15-30/h8-23,46H,24-27H2,1-7H3. The van der Waals surface area contributed by atoms with Gasteiger partial charge in [0, 0.05) is 32.4 Å². The Morgan fingerprint density at radius 3 is 1.92 bits per heavy atom. The van der Waals surface area contributed by atoms with Crippen LogP contribution in [0.3, 0.4) is 0 Å². The molecule has 0 atom stereocenters. The maximum atomic E-state index is 10.7. The third-order valence-corrected chi connectivity index (χ3v) is 12.2. The summed E-state index contributed by atoms with van der Waals surface area (Å²) in [6, 6.07) is 30.0. The molecule has 4 nitrogen and oxygen atoms in total. The molecule has 0 bridgehead atoms. The van der Waals surface area contributed by atoms with Crippen LogP contribution >= 0.6 is 11.8 Å². The third kappa shape index (κ3) is 4.92. The molecule has 1 aliphatic heterocycles. The van der Waals surface area contributed by atoms with Gasteiger partial charge in [-0.15, -0.1) is 11.8 Å². The Labute approximate surface area is 300 Å². The molecule has 8 rings (SSSR count). The fourth-order valence-electron chi connectivity index (χ4n) is 10.2. The van der Waals surface area contributed by atoms with Crippen molar-refractivity contribution in [3.05, 3.63) is 124 Å². The van der Waals surface area contributed by atoms with Crippen molar-refractivity contribution in [1.29, 1.82) is 0 Å². The van der Waals surface area contributed by atoms with Crippen molar-refractivity contribution >= 4 is 28.6 Å². The molecule has 0 amide bonds. The van der Waals surface area contributed by atoms with Gasteiger partial charge in [0.05, 0.1) is 20.8 Å². The number of benzene rings is 5. The van der Waals surface area contributed by atoms with E-state index in [0.29, 0.717) is 0 Å². The molecule has 1 N–H and O–H groups in total. The number of rotatable bonds is 6. The van der Waals surface area contributed by atoms with Crippen LogP contribution in [-0.2, 0) is 17.6 Å². The molecule has 3 aliphatic rings. The maximum absolute atomic E-state index is 10.7. The minimum atomic E-state index is -0.911. The second-order valence-corrected chi connectivity index (χ2v) is 16.8. The minimum Gasteiger partial charge on any atom is -0.497 e. The molecule has 1 fully saturated rings. The summed E-state index contributed by atoms with van der Waals surface area (Å²) < 4.78 is 18.8. The smallest absolute Gasteiger partial charge is 0.178 e. The molecular formula is C45H46O4S. The molecule has 1 heterocycles. The summed E-state index contributed by atoms with van der Waals surface area (Å²) in [5.74, 6) is 2.48. The Bertz CT molecular complexity index is 2090. The van der Waals surface area contributed by atoms with Gasteiger partial charge in [0.15, 0.2) is 5.60 Å². The van der Waals surface area contributed by atoms with E-state index in [1.807, 2.05) is 24.3 Å². The minimum absolute atomic E-state index is 0.0206. The fraction of sp³-hybridized carbons (Fsp3) is 0.333. The van der Waals surface area contributed by atoms with E-state index < -0.39 is 5.60 Å². The molecule has 0 radical (unpaired) electrons. The van der Waals surface area contributed by atoms with Crippen LogP contribution in [0.4, 0.5) is 0 Å². The first-order valence-electron chi connectivity index (χ1n) is 17.6. The lowest BCUT2D eigenvalue weighted by Gasteiger charge is -2.52. The number of hydrogen-bond acceptors (Lipinski definition) is 5. The van der Waals surface area contributed by atoms with E-state index in [0.717, 1.165) is 62.4 Å². The molecule has 1 saturated carbocycles. The molecule has 5 heteroatoms. The molecule has 0 unspecified atom stereocenters. The van der Waals surface area contributed by atoms with E-state index >= 15 is 0 Å². The molecule has 0 aromatic heterocycles. The summed E-state index contributed by atoms with van der Waals surface area (Å²) in [5, 5.41) is 12.9. The molecule has 5 aromatic carbocycles. The lowest BCUT2D eigenvalue weighted by atomic mass is 9.52. The first kappa shape index (κ1) is 33.0. The Morgan fingerprint density at radius 1 is 0.760 bits per heavy atom. The van der Waals surface area contributed by atoms with Gasteiger partial charge in [-0.05, 0) is 112 Å². The quantitative estimate of drug-likeness (QED) is 0.181. The van der Waals surface area contributed by atoms with Crippen LogP contribution in [0.2, 0.25) is 0 Å². The highest BCUT2D eigenvalue weighted by molar-refractivity contribution is 7.98. The van der Waals surface area contributed by atoms with E-state index in [1.54, 1.807) is 26.0 Å². The zero-order valence-electron chi connectivity index (χ0n) is 30.1. The van der Waals surface area contributed by atoms with Crippen LogP contribution in [-0.4, -0.2) is 25.6 Å². The zero-order chi connectivity index (χ0) is 35.1. The van der Waals surface area contributed by atoms with Crippen LogP contribution in [0.25, 0.3) is 28.0 Å². The highest BCUT2D eigenvalue weighted by atomic mass is 32.2. The van der Waals surface area contributed by atoms with E-state index in [1.165, 1.54) is 34.2 Å². The second-order valence-electron chi connectivity index (χ2n) is 16.0. The van der Waals surface area contributed by atoms with Gasteiger partial charge in [0.2, 0.25) is 0 Å². The topological polar surface area (TPSA) is 47.9 Å². The Hall–Kier alpha value is -4.19. The SMILES string of the molecule is COc1ccc(C2(c3ccc(OC)cc3)C=Cc3c4c(c5cc(CO)c(SC)cc5c3O2)-c2ccccc2C42CC(C)(C)CC(C)(C)C2)cc1. The Balaban J connectivity index is 1.49. The predicted molar refractivity (Wildman–Crippen MR) is 206 cm³/mol. The number of fused-ring (bicyclic) bond motifs is 10. The number of methoxy groups -OCH3 is 2. The molecule has 256 valence electrons. The average Bonchev–Trinajstić information content (AvgIpc) is 3.38. The largest absolute Gasteiger partial charge is 0.497 e. The molecule has 2 aliphatic carbocycles. The predicted octanol–water partition coefficient (Wildman–Crippen LogP) is 10.9. The van der Waals surface area contributed by atoms with Crippen LogP contribution in [0.5, 0.6) is 17.2 Å².